The highest BCUT2D eigenvalue weighted by Crippen LogP contribution is 2.24. The molecular formula is C29H39N7O5. The summed E-state index contributed by atoms with van der Waals surface area (Å²) >= 11 is 0. The van der Waals surface area contributed by atoms with E-state index in [4.69, 9.17) is 9.47 Å². The Kier molecular flexibility index (Phi) is 8.99. The lowest BCUT2D eigenvalue weighted by Crippen LogP contribution is -2.52. The van der Waals surface area contributed by atoms with Crippen LogP contribution in [-0.4, -0.2) is 80.1 Å². The molecule has 1 aromatic carbocycles. The molecule has 0 spiro atoms. The summed E-state index contributed by atoms with van der Waals surface area (Å²) in [6, 6.07) is 8.97. The van der Waals surface area contributed by atoms with Crippen molar-refractivity contribution in [3.8, 4) is 5.75 Å². The second-order valence-electron chi connectivity index (χ2n) is 11.0. The van der Waals surface area contributed by atoms with Gasteiger partial charge in [0.1, 0.15) is 11.8 Å². The number of ether oxygens (including phenoxy) is 2. The number of aromatic nitrogens is 4. The van der Waals surface area contributed by atoms with Crippen LogP contribution in [0.1, 0.15) is 62.4 Å². The Bertz CT molecular complexity index is 1360. The van der Waals surface area contributed by atoms with Gasteiger partial charge in [-0.05, 0) is 49.9 Å². The molecule has 1 unspecified atom stereocenters. The maximum Gasteiger partial charge on any atom is 0.409 e. The fraction of sp³-hybridized carbons (Fsp3) is 0.483. The Balaban J connectivity index is 1.31. The number of hydrogen-bond acceptors (Lipinski definition) is 7. The van der Waals surface area contributed by atoms with Crippen molar-refractivity contribution >= 4 is 23.6 Å². The Morgan fingerprint density at radius 3 is 2.29 bits per heavy atom. The minimum atomic E-state index is -0.581. The fourth-order valence-corrected chi connectivity index (χ4v) is 4.44. The smallest absolute Gasteiger partial charge is 0.409 e. The lowest BCUT2D eigenvalue weighted by atomic mass is 9.87. The van der Waals surface area contributed by atoms with Crippen LogP contribution in [0.15, 0.2) is 42.7 Å². The molecular weight excluding hydrogens is 526 g/mol. The minimum absolute atomic E-state index is 0.0631. The Morgan fingerprint density at radius 1 is 1.00 bits per heavy atom. The van der Waals surface area contributed by atoms with Crippen molar-refractivity contribution < 1.29 is 23.9 Å². The SMILES string of the molecule is CCOC(=O)N1CCN(C(=O)C(C)n2cc(NC(=O)c3ccn(COc4ccc(C(C)(C)C)cc4)n3)c(C)n2)CC1. The second-order valence-corrected chi connectivity index (χ2v) is 11.0. The van der Waals surface area contributed by atoms with Crippen LogP contribution in [0, 0.1) is 6.92 Å². The molecule has 3 amide bonds. The molecule has 1 atom stereocenters. The lowest BCUT2D eigenvalue weighted by Gasteiger charge is -2.35. The summed E-state index contributed by atoms with van der Waals surface area (Å²) in [4.78, 5) is 41.2. The monoisotopic (exact) mass is 565 g/mol. The first-order chi connectivity index (χ1) is 19.5. The summed E-state index contributed by atoms with van der Waals surface area (Å²) in [5, 5.41) is 11.6. The third kappa shape index (κ3) is 7.24. The molecule has 41 heavy (non-hydrogen) atoms. The molecule has 3 heterocycles. The van der Waals surface area contributed by atoms with Gasteiger partial charge in [-0.25, -0.2) is 9.48 Å². The highest BCUT2D eigenvalue weighted by molar-refractivity contribution is 6.03. The Morgan fingerprint density at radius 2 is 1.66 bits per heavy atom. The van der Waals surface area contributed by atoms with Gasteiger partial charge in [0.15, 0.2) is 12.4 Å². The molecule has 12 heteroatoms. The molecule has 1 saturated heterocycles. The average Bonchev–Trinajstić information content (AvgIpc) is 3.58. The number of rotatable bonds is 8. The summed E-state index contributed by atoms with van der Waals surface area (Å²) in [5.74, 6) is 0.211. The van der Waals surface area contributed by atoms with Crippen molar-refractivity contribution in [2.45, 2.75) is 59.7 Å². The van der Waals surface area contributed by atoms with Crippen molar-refractivity contribution in [2.75, 3.05) is 38.1 Å². The van der Waals surface area contributed by atoms with Gasteiger partial charge in [-0.15, -0.1) is 0 Å². The molecule has 3 aromatic rings. The van der Waals surface area contributed by atoms with Crippen LogP contribution in [0.25, 0.3) is 0 Å². The highest BCUT2D eigenvalue weighted by atomic mass is 16.6. The third-order valence-corrected chi connectivity index (χ3v) is 6.99. The zero-order chi connectivity index (χ0) is 29.7. The van der Waals surface area contributed by atoms with E-state index in [1.165, 1.54) is 5.56 Å². The number of hydrogen-bond donors (Lipinski definition) is 1. The van der Waals surface area contributed by atoms with Crippen LogP contribution in [-0.2, 0) is 21.7 Å². The van der Waals surface area contributed by atoms with Gasteiger partial charge in [0.2, 0.25) is 5.91 Å². The van der Waals surface area contributed by atoms with Crippen molar-refractivity contribution in [1.29, 1.82) is 0 Å². The van der Waals surface area contributed by atoms with Crippen molar-refractivity contribution in [2.24, 2.45) is 0 Å². The fourth-order valence-electron chi connectivity index (χ4n) is 4.44. The van der Waals surface area contributed by atoms with Crippen LogP contribution < -0.4 is 10.1 Å². The van der Waals surface area contributed by atoms with E-state index in [-0.39, 0.29) is 29.8 Å². The zero-order valence-corrected chi connectivity index (χ0v) is 24.6. The zero-order valence-electron chi connectivity index (χ0n) is 24.6. The van der Waals surface area contributed by atoms with E-state index in [1.54, 1.807) is 58.4 Å². The van der Waals surface area contributed by atoms with Crippen LogP contribution in [0.5, 0.6) is 5.75 Å². The van der Waals surface area contributed by atoms with Gasteiger partial charge in [-0.2, -0.15) is 10.2 Å². The van der Waals surface area contributed by atoms with E-state index in [1.807, 2.05) is 24.3 Å². The number of nitrogens with zero attached hydrogens (tertiary/aromatic N) is 6. The van der Waals surface area contributed by atoms with Crippen molar-refractivity contribution in [3.05, 3.63) is 59.7 Å². The third-order valence-electron chi connectivity index (χ3n) is 6.99. The van der Waals surface area contributed by atoms with Crippen molar-refractivity contribution in [3.63, 3.8) is 0 Å². The van der Waals surface area contributed by atoms with Crippen LogP contribution in [0.3, 0.4) is 0 Å². The summed E-state index contributed by atoms with van der Waals surface area (Å²) in [5.41, 5.74) is 2.58. The largest absolute Gasteiger partial charge is 0.471 e. The minimum Gasteiger partial charge on any atom is -0.471 e. The quantitative estimate of drug-likeness (QED) is 0.440. The molecule has 0 saturated carbocycles. The van der Waals surface area contributed by atoms with Crippen molar-refractivity contribution in [1.82, 2.24) is 29.4 Å². The lowest BCUT2D eigenvalue weighted by molar-refractivity contribution is -0.136. The van der Waals surface area contributed by atoms with E-state index in [0.29, 0.717) is 49.9 Å². The number of carbonyl (C=O) groups is 3. The molecule has 220 valence electrons. The van der Waals surface area contributed by atoms with Crippen LogP contribution >= 0.6 is 0 Å². The molecule has 1 N–H and O–H groups in total. The second kappa shape index (κ2) is 12.4. The van der Waals surface area contributed by atoms with Gasteiger partial charge >= 0.3 is 6.09 Å². The van der Waals surface area contributed by atoms with Crippen LogP contribution in [0.4, 0.5) is 10.5 Å². The first-order valence-electron chi connectivity index (χ1n) is 13.8. The average molecular weight is 566 g/mol. The Labute approximate surface area is 240 Å². The standard InChI is InChI=1S/C29H39N7O5/c1-7-40-28(39)34-16-14-33(15-17-34)27(38)21(3)36-18-25(20(2)31-36)30-26(37)24-12-13-35(32-24)19-41-23-10-8-22(9-11-23)29(4,5)6/h8-13,18,21H,7,14-17,19H2,1-6H3,(H,30,37). The number of nitrogens with one attached hydrogen (secondary N) is 1. The topological polar surface area (TPSA) is 124 Å². The number of piperazine rings is 1. The van der Waals surface area contributed by atoms with Gasteiger partial charge < -0.3 is 24.6 Å². The molecule has 1 aliphatic heterocycles. The molecule has 1 aliphatic rings. The number of carbonyl (C=O) groups excluding carboxylic acids is 3. The number of anilines is 1. The van der Waals surface area contributed by atoms with Crippen LogP contribution in [0.2, 0.25) is 0 Å². The summed E-state index contributed by atoms with van der Waals surface area (Å²) < 4.78 is 13.9. The van der Waals surface area contributed by atoms with E-state index in [0.717, 1.165) is 0 Å². The molecule has 2 aromatic heterocycles. The van der Waals surface area contributed by atoms with E-state index >= 15 is 0 Å². The maximum atomic E-state index is 13.1. The normalized spacial score (nSPS) is 14.5. The summed E-state index contributed by atoms with van der Waals surface area (Å²) in [6.07, 6.45) is 2.96. The number of amides is 3. The van der Waals surface area contributed by atoms with E-state index < -0.39 is 11.9 Å². The Hall–Kier alpha value is -4.35. The van der Waals surface area contributed by atoms with Gasteiger partial charge in [0.05, 0.1) is 18.0 Å². The summed E-state index contributed by atoms with van der Waals surface area (Å²) in [6.45, 7) is 13.9. The van der Waals surface area contributed by atoms with E-state index in [9.17, 15) is 14.4 Å². The summed E-state index contributed by atoms with van der Waals surface area (Å²) in [7, 11) is 0. The molecule has 1 fully saturated rings. The first-order valence-corrected chi connectivity index (χ1v) is 13.8. The number of aryl methyl sites for hydroxylation is 1. The highest BCUT2D eigenvalue weighted by Gasteiger charge is 2.29. The first kappa shape index (κ1) is 29.6. The molecule has 0 bridgehead atoms. The molecule has 12 nitrogen and oxygen atoms in total. The predicted octanol–water partition coefficient (Wildman–Crippen LogP) is 3.84. The molecule has 0 radical (unpaired) electrons. The maximum absolute atomic E-state index is 13.1. The van der Waals surface area contributed by atoms with Gasteiger partial charge in [-0.1, -0.05) is 32.9 Å². The van der Waals surface area contributed by atoms with E-state index in [2.05, 4.69) is 36.3 Å². The van der Waals surface area contributed by atoms with Gasteiger partial charge in [-0.3, -0.25) is 14.3 Å². The number of benzene rings is 1. The molecule has 0 aliphatic carbocycles. The van der Waals surface area contributed by atoms with Gasteiger partial charge in [0, 0.05) is 38.6 Å². The molecule has 4 rings (SSSR count). The van der Waals surface area contributed by atoms with Gasteiger partial charge in [0.25, 0.3) is 5.91 Å². The predicted molar refractivity (Wildman–Crippen MR) is 153 cm³/mol.